The number of hydrogen-bond acceptors (Lipinski definition) is 4. The van der Waals surface area contributed by atoms with E-state index in [2.05, 4.69) is 43.4 Å². The number of carbonyl (C=O) groups excluding carboxylic acids is 1. The van der Waals surface area contributed by atoms with Gasteiger partial charge in [0.05, 0.1) is 6.61 Å². The summed E-state index contributed by atoms with van der Waals surface area (Å²) in [5.41, 5.74) is 0.674. The number of rotatable bonds is 7. The molecule has 0 aliphatic carbocycles. The molecule has 0 saturated heterocycles. The summed E-state index contributed by atoms with van der Waals surface area (Å²) in [4.78, 5) is 13.1. The summed E-state index contributed by atoms with van der Waals surface area (Å²) in [5.74, 6) is 0.980. The lowest BCUT2D eigenvalue weighted by molar-refractivity contribution is -0.149. The van der Waals surface area contributed by atoms with Crippen LogP contribution in [0.25, 0.3) is 0 Å². The fourth-order valence-electron chi connectivity index (χ4n) is 1.70. The molecule has 0 aliphatic rings. The number of esters is 1. The van der Waals surface area contributed by atoms with E-state index in [0.717, 1.165) is 0 Å². The average Bonchev–Trinajstić information content (AvgIpc) is 2.45. The van der Waals surface area contributed by atoms with Crippen LogP contribution in [0.5, 0.6) is 0 Å². The molecule has 0 amide bonds. The van der Waals surface area contributed by atoms with Crippen LogP contribution in [0.15, 0.2) is 29.2 Å². The van der Waals surface area contributed by atoms with E-state index in [1.165, 1.54) is 10.5 Å². The third-order valence-corrected chi connectivity index (χ3v) is 4.68. The van der Waals surface area contributed by atoms with Crippen molar-refractivity contribution < 1.29 is 9.53 Å². The normalized spacial score (nSPS) is 14.1. The minimum absolute atomic E-state index is 0.200. The van der Waals surface area contributed by atoms with Crippen LogP contribution in [-0.4, -0.2) is 30.9 Å². The molecule has 0 aliphatic heterocycles. The fraction of sp³-hybridized carbons (Fsp3) is 0.562. The summed E-state index contributed by atoms with van der Waals surface area (Å²) in [7, 11) is 1.79. The van der Waals surface area contributed by atoms with Gasteiger partial charge in [0.2, 0.25) is 0 Å². The summed E-state index contributed by atoms with van der Waals surface area (Å²) < 4.78 is 5.12. The predicted octanol–water partition coefficient (Wildman–Crippen LogP) is 3.44. The van der Waals surface area contributed by atoms with Crippen molar-refractivity contribution in [2.24, 2.45) is 0 Å². The van der Waals surface area contributed by atoms with Gasteiger partial charge in [0, 0.05) is 10.6 Å². The van der Waals surface area contributed by atoms with Crippen molar-refractivity contribution in [3.8, 4) is 0 Å². The molecule has 0 fully saturated rings. The molecule has 0 radical (unpaired) electrons. The Morgan fingerprint density at radius 1 is 1.35 bits per heavy atom. The molecule has 1 N–H and O–H groups in total. The van der Waals surface area contributed by atoms with E-state index in [9.17, 15) is 4.79 Å². The molecule has 1 rings (SSSR count). The van der Waals surface area contributed by atoms with Gasteiger partial charge in [0.1, 0.15) is 5.54 Å². The van der Waals surface area contributed by atoms with E-state index in [1.807, 2.05) is 13.8 Å². The van der Waals surface area contributed by atoms with Crippen molar-refractivity contribution >= 4 is 17.7 Å². The molecule has 1 aromatic carbocycles. The minimum Gasteiger partial charge on any atom is -0.465 e. The van der Waals surface area contributed by atoms with Crippen molar-refractivity contribution in [1.29, 1.82) is 0 Å². The molecule has 0 heterocycles. The second-order valence-corrected chi connectivity index (χ2v) is 6.36. The van der Waals surface area contributed by atoms with Crippen LogP contribution >= 0.6 is 11.8 Å². The van der Waals surface area contributed by atoms with E-state index in [4.69, 9.17) is 4.74 Å². The Morgan fingerprint density at radius 2 is 1.95 bits per heavy atom. The van der Waals surface area contributed by atoms with Gasteiger partial charge in [-0.05, 0) is 44.5 Å². The molecule has 0 aromatic heterocycles. The quantitative estimate of drug-likeness (QED) is 0.618. The van der Waals surface area contributed by atoms with Crippen LogP contribution in [0.4, 0.5) is 0 Å². The maximum Gasteiger partial charge on any atom is 0.326 e. The Bertz CT molecular complexity index is 431. The first-order valence-corrected chi connectivity index (χ1v) is 8.00. The van der Waals surface area contributed by atoms with Gasteiger partial charge in [-0.2, -0.15) is 0 Å². The standard InChI is InChI=1S/C16H25NO2S/c1-6-19-15(18)16(4,17-5)11-20-14-9-7-13(8-10-14)12(2)3/h7-10,12,17H,6,11H2,1-5H3. The van der Waals surface area contributed by atoms with E-state index in [-0.39, 0.29) is 5.97 Å². The molecule has 20 heavy (non-hydrogen) atoms. The van der Waals surface area contributed by atoms with Crippen LogP contribution in [0.1, 0.15) is 39.2 Å². The first-order valence-electron chi connectivity index (χ1n) is 7.02. The highest BCUT2D eigenvalue weighted by Crippen LogP contribution is 2.25. The Balaban J connectivity index is 2.66. The summed E-state index contributed by atoms with van der Waals surface area (Å²) in [6.45, 7) is 8.47. The number of nitrogens with one attached hydrogen (secondary N) is 1. The molecule has 1 aromatic rings. The highest BCUT2D eigenvalue weighted by atomic mass is 32.2. The summed E-state index contributed by atoms with van der Waals surface area (Å²) >= 11 is 1.66. The number of thioether (sulfide) groups is 1. The maximum atomic E-state index is 12.0. The minimum atomic E-state index is -0.655. The van der Waals surface area contributed by atoms with Crippen LogP contribution in [0.2, 0.25) is 0 Å². The monoisotopic (exact) mass is 295 g/mol. The lowest BCUT2D eigenvalue weighted by atomic mass is 10.0. The molecular formula is C16H25NO2S. The number of likely N-dealkylation sites (N-methyl/N-ethyl adjacent to an activating group) is 1. The van der Waals surface area contributed by atoms with E-state index < -0.39 is 5.54 Å². The van der Waals surface area contributed by atoms with Crippen LogP contribution in [0, 0.1) is 0 Å². The van der Waals surface area contributed by atoms with E-state index in [0.29, 0.717) is 18.3 Å². The lowest BCUT2D eigenvalue weighted by Crippen LogP contribution is -2.50. The zero-order valence-electron chi connectivity index (χ0n) is 13.0. The van der Waals surface area contributed by atoms with Crippen LogP contribution in [0.3, 0.4) is 0 Å². The highest BCUT2D eigenvalue weighted by Gasteiger charge is 2.32. The van der Waals surface area contributed by atoms with Crippen molar-refractivity contribution in [1.82, 2.24) is 5.32 Å². The Labute approximate surface area is 126 Å². The van der Waals surface area contributed by atoms with E-state index in [1.54, 1.807) is 18.8 Å². The Kier molecular flexibility index (Phi) is 6.56. The average molecular weight is 295 g/mol. The zero-order chi connectivity index (χ0) is 15.2. The first-order chi connectivity index (χ1) is 9.42. The molecule has 112 valence electrons. The zero-order valence-corrected chi connectivity index (χ0v) is 13.8. The SMILES string of the molecule is CCOC(=O)C(C)(CSc1ccc(C(C)C)cc1)NC. The molecule has 1 unspecified atom stereocenters. The second kappa shape index (κ2) is 7.70. The van der Waals surface area contributed by atoms with Crippen LogP contribution in [-0.2, 0) is 9.53 Å². The largest absolute Gasteiger partial charge is 0.465 e. The highest BCUT2D eigenvalue weighted by molar-refractivity contribution is 7.99. The Hall–Kier alpha value is -1.00. The molecule has 1 atom stereocenters. The maximum absolute atomic E-state index is 12.0. The predicted molar refractivity (Wildman–Crippen MR) is 85.4 cm³/mol. The summed E-state index contributed by atoms with van der Waals surface area (Å²) in [6.07, 6.45) is 0. The van der Waals surface area contributed by atoms with Gasteiger partial charge in [-0.1, -0.05) is 26.0 Å². The van der Waals surface area contributed by atoms with Crippen molar-refractivity contribution in [2.75, 3.05) is 19.4 Å². The third kappa shape index (κ3) is 4.53. The molecule has 0 saturated carbocycles. The van der Waals surface area contributed by atoms with Crippen molar-refractivity contribution in [3.05, 3.63) is 29.8 Å². The van der Waals surface area contributed by atoms with Crippen molar-refractivity contribution in [3.63, 3.8) is 0 Å². The molecule has 3 nitrogen and oxygen atoms in total. The van der Waals surface area contributed by atoms with E-state index >= 15 is 0 Å². The van der Waals surface area contributed by atoms with Gasteiger partial charge in [-0.25, -0.2) is 0 Å². The lowest BCUT2D eigenvalue weighted by Gasteiger charge is -2.26. The smallest absolute Gasteiger partial charge is 0.326 e. The third-order valence-electron chi connectivity index (χ3n) is 3.35. The first kappa shape index (κ1) is 17.1. The van der Waals surface area contributed by atoms with Gasteiger partial charge < -0.3 is 10.1 Å². The van der Waals surface area contributed by atoms with Gasteiger partial charge in [0.15, 0.2) is 0 Å². The topological polar surface area (TPSA) is 38.3 Å². The number of ether oxygens (including phenoxy) is 1. The van der Waals surface area contributed by atoms with Gasteiger partial charge in [-0.3, -0.25) is 4.79 Å². The molecule has 0 spiro atoms. The second-order valence-electron chi connectivity index (χ2n) is 5.31. The number of carbonyl (C=O) groups is 1. The van der Waals surface area contributed by atoms with Gasteiger partial charge in [-0.15, -0.1) is 11.8 Å². The fourth-order valence-corrected chi connectivity index (χ4v) is 2.75. The molecule has 0 bridgehead atoms. The summed E-state index contributed by atoms with van der Waals surface area (Å²) in [5, 5.41) is 3.07. The molecular weight excluding hydrogens is 270 g/mol. The van der Waals surface area contributed by atoms with Crippen molar-refractivity contribution in [2.45, 2.75) is 44.0 Å². The number of benzene rings is 1. The number of hydrogen-bond donors (Lipinski definition) is 1. The molecule has 4 heteroatoms. The van der Waals surface area contributed by atoms with Crippen LogP contribution < -0.4 is 5.32 Å². The Morgan fingerprint density at radius 3 is 2.40 bits per heavy atom. The summed E-state index contributed by atoms with van der Waals surface area (Å²) in [6, 6.07) is 8.52. The van der Waals surface area contributed by atoms with Gasteiger partial charge >= 0.3 is 5.97 Å². The van der Waals surface area contributed by atoms with Gasteiger partial charge in [0.25, 0.3) is 0 Å².